The molecule has 0 saturated carbocycles. The highest BCUT2D eigenvalue weighted by Gasteiger charge is 2.31. The molecule has 4 aromatic rings. The van der Waals surface area contributed by atoms with Gasteiger partial charge in [-0.2, -0.15) is 0 Å². The third-order valence-electron chi connectivity index (χ3n) is 6.95. The largest absolute Gasteiger partial charge is 0.313 e. The molecule has 3 aromatic carbocycles. The summed E-state index contributed by atoms with van der Waals surface area (Å²) in [5.74, 6) is 0.218. The van der Waals surface area contributed by atoms with Gasteiger partial charge in [0.25, 0.3) is 5.91 Å². The standard InChI is InChI=1S/C33H31ClN4O2/c1-33(2,3)32(40)37-29-17-14-23(20-35-29)30-26-19-24(34)15-16-28(26)38(4)31(39)27(36-30)18-22-12-8-9-13-25(22)21-10-6-5-7-11-21/h5-17,19-20,27H,18H2,1-4H3,(H,35,37,40). The number of rotatable bonds is 5. The molecule has 1 unspecified atom stereocenters. The van der Waals surface area contributed by atoms with Gasteiger partial charge in [-0.05, 0) is 47.0 Å². The van der Waals surface area contributed by atoms with Crippen molar-refractivity contribution in [3.63, 3.8) is 0 Å². The second-order valence-electron chi connectivity index (χ2n) is 10.9. The van der Waals surface area contributed by atoms with Crippen LogP contribution >= 0.6 is 11.6 Å². The third kappa shape index (κ3) is 5.68. The summed E-state index contributed by atoms with van der Waals surface area (Å²) in [5, 5.41) is 3.40. The van der Waals surface area contributed by atoms with Crippen LogP contribution in [-0.4, -0.2) is 35.6 Å². The van der Waals surface area contributed by atoms with E-state index in [9.17, 15) is 9.59 Å². The number of fused-ring (bicyclic) bond motifs is 1. The Bertz CT molecular complexity index is 1590. The number of benzene rings is 3. The topological polar surface area (TPSA) is 74.7 Å². The number of carbonyl (C=O) groups excluding carboxylic acids is 2. The zero-order valence-corrected chi connectivity index (χ0v) is 23.7. The Labute approximate surface area is 239 Å². The van der Waals surface area contributed by atoms with Crippen molar-refractivity contribution in [3.8, 4) is 11.1 Å². The summed E-state index contributed by atoms with van der Waals surface area (Å²) in [5.41, 5.74) is 5.46. The molecule has 2 heterocycles. The average Bonchev–Trinajstić information content (AvgIpc) is 3.04. The first kappa shape index (κ1) is 27.3. The molecule has 1 atom stereocenters. The van der Waals surface area contributed by atoms with E-state index in [-0.39, 0.29) is 11.8 Å². The van der Waals surface area contributed by atoms with Crippen molar-refractivity contribution in [1.82, 2.24) is 4.98 Å². The summed E-state index contributed by atoms with van der Waals surface area (Å²) in [7, 11) is 1.77. The fourth-order valence-electron chi connectivity index (χ4n) is 4.69. The SMILES string of the molecule is CN1C(=O)C(Cc2ccccc2-c2ccccc2)N=C(c2ccc(NC(=O)C(C)(C)C)nc2)c2cc(Cl)ccc21. The van der Waals surface area contributed by atoms with Gasteiger partial charge in [-0.15, -0.1) is 0 Å². The number of aliphatic imine (C=N–C) groups is 1. The van der Waals surface area contributed by atoms with Crippen LogP contribution in [-0.2, 0) is 16.0 Å². The van der Waals surface area contributed by atoms with E-state index in [1.54, 1.807) is 30.3 Å². The molecule has 202 valence electrons. The second-order valence-corrected chi connectivity index (χ2v) is 11.4. The zero-order valence-electron chi connectivity index (χ0n) is 23.0. The molecule has 1 aromatic heterocycles. The lowest BCUT2D eigenvalue weighted by Gasteiger charge is -2.21. The first-order chi connectivity index (χ1) is 19.1. The number of amides is 2. The number of nitrogens with zero attached hydrogens (tertiary/aromatic N) is 3. The maximum Gasteiger partial charge on any atom is 0.251 e. The molecule has 5 rings (SSSR count). The second kappa shape index (κ2) is 11.1. The normalized spacial score (nSPS) is 15.2. The number of hydrogen-bond donors (Lipinski definition) is 1. The van der Waals surface area contributed by atoms with E-state index in [1.807, 2.05) is 75.4 Å². The predicted molar refractivity (Wildman–Crippen MR) is 162 cm³/mol. The number of pyridine rings is 1. The summed E-state index contributed by atoms with van der Waals surface area (Å²) >= 11 is 6.43. The van der Waals surface area contributed by atoms with Gasteiger partial charge in [0.2, 0.25) is 5.91 Å². The molecule has 0 spiro atoms. The molecule has 1 aliphatic rings. The smallest absolute Gasteiger partial charge is 0.251 e. The number of halogens is 1. The quantitative estimate of drug-likeness (QED) is 0.296. The van der Waals surface area contributed by atoms with E-state index >= 15 is 0 Å². The number of nitrogens with one attached hydrogen (secondary N) is 1. The van der Waals surface area contributed by atoms with Gasteiger partial charge in [0, 0.05) is 41.2 Å². The van der Waals surface area contributed by atoms with Crippen LogP contribution < -0.4 is 10.2 Å². The number of hydrogen-bond acceptors (Lipinski definition) is 4. The highest BCUT2D eigenvalue weighted by molar-refractivity contribution is 6.32. The van der Waals surface area contributed by atoms with Crippen LogP contribution in [0.25, 0.3) is 11.1 Å². The van der Waals surface area contributed by atoms with Crippen LogP contribution in [0.3, 0.4) is 0 Å². The molecule has 40 heavy (non-hydrogen) atoms. The Morgan fingerprint density at radius 1 is 0.925 bits per heavy atom. The van der Waals surface area contributed by atoms with E-state index in [2.05, 4.69) is 28.5 Å². The summed E-state index contributed by atoms with van der Waals surface area (Å²) in [6.45, 7) is 5.55. The highest BCUT2D eigenvalue weighted by Crippen LogP contribution is 2.32. The molecular formula is C33H31ClN4O2. The Hall–Kier alpha value is -4.29. The minimum Gasteiger partial charge on any atom is -0.313 e. The molecule has 0 radical (unpaired) electrons. The molecule has 2 amide bonds. The Kier molecular flexibility index (Phi) is 7.55. The lowest BCUT2D eigenvalue weighted by Crippen LogP contribution is -2.36. The van der Waals surface area contributed by atoms with Crippen molar-refractivity contribution in [2.75, 3.05) is 17.3 Å². The van der Waals surface area contributed by atoms with Crippen LogP contribution in [0.2, 0.25) is 5.02 Å². The zero-order chi connectivity index (χ0) is 28.4. The van der Waals surface area contributed by atoms with Crippen LogP contribution in [0.1, 0.15) is 37.5 Å². The number of likely N-dealkylation sites (N-methyl/N-ethyl adjacent to an activating group) is 1. The van der Waals surface area contributed by atoms with Crippen molar-refractivity contribution in [2.24, 2.45) is 10.4 Å². The molecule has 7 heteroatoms. The number of anilines is 2. The summed E-state index contributed by atoms with van der Waals surface area (Å²) in [6, 6.07) is 26.6. The van der Waals surface area contributed by atoms with E-state index in [0.29, 0.717) is 23.0 Å². The monoisotopic (exact) mass is 550 g/mol. The lowest BCUT2D eigenvalue weighted by atomic mass is 9.95. The van der Waals surface area contributed by atoms with E-state index in [1.165, 1.54) is 0 Å². The van der Waals surface area contributed by atoms with E-state index in [4.69, 9.17) is 16.6 Å². The van der Waals surface area contributed by atoms with Crippen molar-refractivity contribution in [3.05, 3.63) is 113 Å². The molecule has 0 saturated heterocycles. The van der Waals surface area contributed by atoms with Gasteiger partial charge in [-0.1, -0.05) is 87.0 Å². The van der Waals surface area contributed by atoms with Gasteiger partial charge in [0.05, 0.1) is 11.4 Å². The minimum absolute atomic E-state index is 0.108. The first-order valence-electron chi connectivity index (χ1n) is 13.2. The van der Waals surface area contributed by atoms with Crippen molar-refractivity contribution >= 4 is 40.6 Å². The fraction of sp³-hybridized carbons (Fsp3) is 0.212. The molecule has 0 bridgehead atoms. The molecule has 6 nitrogen and oxygen atoms in total. The number of carbonyl (C=O) groups is 2. The molecule has 1 N–H and O–H groups in total. The van der Waals surface area contributed by atoms with Crippen LogP contribution in [0, 0.1) is 5.41 Å². The van der Waals surface area contributed by atoms with Gasteiger partial charge in [0.1, 0.15) is 11.9 Å². The number of aromatic nitrogens is 1. The fourth-order valence-corrected chi connectivity index (χ4v) is 4.87. The summed E-state index contributed by atoms with van der Waals surface area (Å²) in [6.07, 6.45) is 2.10. The Morgan fingerprint density at radius 3 is 2.35 bits per heavy atom. The molecular weight excluding hydrogens is 520 g/mol. The first-order valence-corrected chi connectivity index (χ1v) is 13.6. The third-order valence-corrected chi connectivity index (χ3v) is 7.19. The highest BCUT2D eigenvalue weighted by atomic mass is 35.5. The Balaban J connectivity index is 1.57. The number of benzodiazepines with no additional fused rings is 1. The molecule has 0 aliphatic carbocycles. The van der Waals surface area contributed by atoms with Crippen molar-refractivity contribution < 1.29 is 9.59 Å². The lowest BCUT2D eigenvalue weighted by molar-refractivity contribution is -0.123. The maximum absolute atomic E-state index is 13.8. The van der Waals surface area contributed by atoms with Gasteiger partial charge < -0.3 is 10.2 Å². The Morgan fingerprint density at radius 2 is 1.65 bits per heavy atom. The maximum atomic E-state index is 13.8. The van der Waals surface area contributed by atoms with Crippen molar-refractivity contribution in [2.45, 2.75) is 33.2 Å². The van der Waals surface area contributed by atoms with Gasteiger partial charge in [0.15, 0.2) is 0 Å². The van der Waals surface area contributed by atoms with Crippen LogP contribution in [0.15, 0.2) is 96.1 Å². The van der Waals surface area contributed by atoms with E-state index in [0.717, 1.165) is 33.5 Å². The average molecular weight is 551 g/mol. The van der Waals surface area contributed by atoms with Gasteiger partial charge in [-0.25, -0.2) is 4.98 Å². The van der Waals surface area contributed by atoms with Crippen molar-refractivity contribution in [1.29, 1.82) is 0 Å². The molecule has 0 fully saturated rings. The van der Waals surface area contributed by atoms with Gasteiger partial charge >= 0.3 is 0 Å². The summed E-state index contributed by atoms with van der Waals surface area (Å²) < 4.78 is 0. The van der Waals surface area contributed by atoms with Crippen LogP contribution in [0.4, 0.5) is 11.5 Å². The van der Waals surface area contributed by atoms with Crippen LogP contribution in [0.5, 0.6) is 0 Å². The minimum atomic E-state index is -0.670. The van der Waals surface area contributed by atoms with Gasteiger partial charge in [-0.3, -0.25) is 14.6 Å². The summed E-state index contributed by atoms with van der Waals surface area (Å²) in [4.78, 5) is 37.5. The van der Waals surface area contributed by atoms with E-state index < -0.39 is 11.5 Å². The predicted octanol–water partition coefficient (Wildman–Crippen LogP) is 6.81. The molecule has 1 aliphatic heterocycles.